The van der Waals surface area contributed by atoms with Gasteiger partial charge in [-0.2, -0.15) is 0 Å². The van der Waals surface area contributed by atoms with Gasteiger partial charge < -0.3 is 10.2 Å². The van der Waals surface area contributed by atoms with Gasteiger partial charge in [-0.1, -0.05) is 38.1 Å². The molecule has 1 aliphatic rings. The van der Waals surface area contributed by atoms with Crippen LogP contribution in [0.4, 0.5) is 4.79 Å². The summed E-state index contributed by atoms with van der Waals surface area (Å²) in [6.07, 6.45) is 2.55. The third kappa shape index (κ3) is 4.23. The number of aryl methyl sites for hydroxylation is 1. The second-order valence-corrected chi connectivity index (χ2v) is 6.51. The van der Waals surface area contributed by atoms with Gasteiger partial charge in [0.2, 0.25) is 0 Å². The highest BCUT2D eigenvalue weighted by Crippen LogP contribution is 2.30. The molecule has 0 radical (unpaired) electrons. The van der Waals surface area contributed by atoms with Gasteiger partial charge in [0.25, 0.3) is 0 Å². The maximum Gasteiger partial charge on any atom is 0.317 e. The zero-order valence-electron chi connectivity index (χ0n) is 13.7. The molecule has 1 saturated carbocycles. The molecule has 0 aromatic heterocycles. The number of urea groups is 1. The quantitative estimate of drug-likeness (QED) is 0.838. The number of benzene rings is 1. The normalized spacial score (nSPS) is 15.9. The van der Waals surface area contributed by atoms with Crippen molar-refractivity contribution in [2.75, 3.05) is 13.1 Å². The second-order valence-electron chi connectivity index (χ2n) is 6.51. The molecule has 2 amide bonds. The summed E-state index contributed by atoms with van der Waals surface area (Å²) >= 11 is 0. The predicted octanol–water partition coefficient (Wildman–Crippen LogP) is 4.13. The molecule has 0 heterocycles. The standard InChI is InChI=1S/C18H28N2O/c1-5-20(12-15-10-11-15)18(21)19-17(13(2)3)16-9-7-6-8-14(16)4/h6-9,13,15,17H,5,10-12H2,1-4H3,(H,19,21). The van der Waals surface area contributed by atoms with Gasteiger partial charge >= 0.3 is 6.03 Å². The Balaban J connectivity index is 2.08. The van der Waals surface area contributed by atoms with Crippen LogP contribution in [-0.2, 0) is 0 Å². The fourth-order valence-electron chi connectivity index (χ4n) is 2.73. The zero-order chi connectivity index (χ0) is 15.4. The first-order valence-electron chi connectivity index (χ1n) is 8.13. The molecule has 1 atom stereocenters. The summed E-state index contributed by atoms with van der Waals surface area (Å²) in [5, 5.41) is 3.24. The summed E-state index contributed by atoms with van der Waals surface area (Å²) in [5.41, 5.74) is 2.46. The molecule has 21 heavy (non-hydrogen) atoms. The van der Waals surface area contributed by atoms with Gasteiger partial charge in [0, 0.05) is 13.1 Å². The molecule has 0 bridgehead atoms. The van der Waals surface area contributed by atoms with Gasteiger partial charge in [-0.3, -0.25) is 0 Å². The highest BCUT2D eigenvalue weighted by Gasteiger charge is 2.28. The predicted molar refractivity (Wildman–Crippen MR) is 87.3 cm³/mol. The minimum Gasteiger partial charge on any atom is -0.331 e. The molecule has 2 rings (SSSR count). The topological polar surface area (TPSA) is 32.3 Å². The molecule has 1 N–H and O–H groups in total. The van der Waals surface area contributed by atoms with Crippen LogP contribution in [-0.4, -0.2) is 24.0 Å². The second kappa shape index (κ2) is 6.97. The summed E-state index contributed by atoms with van der Waals surface area (Å²) in [4.78, 5) is 14.5. The molecule has 116 valence electrons. The molecule has 3 heteroatoms. The molecule has 1 aromatic carbocycles. The first kappa shape index (κ1) is 15.9. The Bertz CT molecular complexity index is 480. The molecule has 3 nitrogen and oxygen atoms in total. The van der Waals surface area contributed by atoms with Crippen LogP contribution in [0, 0.1) is 18.8 Å². The molecule has 1 aliphatic carbocycles. The molecule has 1 unspecified atom stereocenters. The Morgan fingerprint density at radius 2 is 2.00 bits per heavy atom. The average Bonchev–Trinajstić information content (AvgIpc) is 3.26. The lowest BCUT2D eigenvalue weighted by molar-refractivity contribution is 0.190. The van der Waals surface area contributed by atoms with Crippen LogP contribution in [0.3, 0.4) is 0 Å². The number of nitrogens with one attached hydrogen (secondary N) is 1. The van der Waals surface area contributed by atoms with Crippen molar-refractivity contribution in [3.05, 3.63) is 35.4 Å². The summed E-state index contributed by atoms with van der Waals surface area (Å²) in [6, 6.07) is 8.48. The first-order valence-corrected chi connectivity index (χ1v) is 8.13. The van der Waals surface area contributed by atoms with Crippen LogP contribution in [0.15, 0.2) is 24.3 Å². The van der Waals surface area contributed by atoms with Crippen molar-refractivity contribution in [1.82, 2.24) is 10.2 Å². The van der Waals surface area contributed by atoms with E-state index in [0.29, 0.717) is 5.92 Å². The summed E-state index contributed by atoms with van der Waals surface area (Å²) in [7, 11) is 0. The molecular weight excluding hydrogens is 260 g/mol. The number of amides is 2. The maximum atomic E-state index is 12.6. The number of hydrogen-bond acceptors (Lipinski definition) is 1. The van der Waals surface area contributed by atoms with E-state index in [2.05, 4.69) is 45.1 Å². The molecule has 0 spiro atoms. The van der Waals surface area contributed by atoms with E-state index in [1.807, 2.05) is 17.0 Å². The van der Waals surface area contributed by atoms with E-state index < -0.39 is 0 Å². The number of carbonyl (C=O) groups excluding carboxylic acids is 1. The van der Waals surface area contributed by atoms with E-state index in [1.165, 1.54) is 24.0 Å². The Morgan fingerprint density at radius 1 is 1.33 bits per heavy atom. The van der Waals surface area contributed by atoms with Crippen molar-refractivity contribution in [3.63, 3.8) is 0 Å². The van der Waals surface area contributed by atoms with E-state index >= 15 is 0 Å². The highest BCUT2D eigenvalue weighted by molar-refractivity contribution is 5.74. The van der Waals surface area contributed by atoms with Gasteiger partial charge in [-0.05, 0) is 49.7 Å². The monoisotopic (exact) mass is 288 g/mol. The lowest BCUT2D eigenvalue weighted by Crippen LogP contribution is -2.43. The largest absolute Gasteiger partial charge is 0.331 e. The van der Waals surface area contributed by atoms with E-state index in [0.717, 1.165) is 19.0 Å². The Morgan fingerprint density at radius 3 is 2.52 bits per heavy atom. The lowest BCUT2D eigenvalue weighted by Gasteiger charge is -2.29. The van der Waals surface area contributed by atoms with Crippen LogP contribution in [0.1, 0.15) is 50.8 Å². The SMILES string of the molecule is CCN(CC1CC1)C(=O)NC(c1ccccc1C)C(C)C. The van der Waals surface area contributed by atoms with Gasteiger partial charge in [-0.25, -0.2) is 4.79 Å². The summed E-state index contributed by atoms with van der Waals surface area (Å²) in [6.45, 7) is 10.2. The zero-order valence-corrected chi connectivity index (χ0v) is 13.7. The Kier molecular flexibility index (Phi) is 5.27. The summed E-state index contributed by atoms with van der Waals surface area (Å²) in [5.74, 6) is 1.10. The van der Waals surface area contributed by atoms with Gasteiger partial charge in [0.1, 0.15) is 0 Å². The smallest absolute Gasteiger partial charge is 0.317 e. The third-order valence-corrected chi connectivity index (χ3v) is 4.31. The fourth-order valence-corrected chi connectivity index (χ4v) is 2.73. The van der Waals surface area contributed by atoms with Crippen molar-refractivity contribution in [2.24, 2.45) is 11.8 Å². The van der Waals surface area contributed by atoms with Crippen LogP contribution in [0.2, 0.25) is 0 Å². The van der Waals surface area contributed by atoms with Gasteiger partial charge in [0.15, 0.2) is 0 Å². The van der Waals surface area contributed by atoms with Crippen LogP contribution < -0.4 is 5.32 Å². The van der Waals surface area contributed by atoms with E-state index in [-0.39, 0.29) is 12.1 Å². The first-order chi connectivity index (χ1) is 10.0. The van der Waals surface area contributed by atoms with E-state index in [4.69, 9.17) is 0 Å². The van der Waals surface area contributed by atoms with Crippen molar-refractivity contribution in [1.29, 1.82) is 0 Å². The van der Waals surface area contributed by atoms with Crippen molar-refractivity contribution in [3.8, 4) is 0 Å². The van der Waals surface area contributed by atoms with Crippen LogP contribution in [0.25, 0.3) is 0 Å². The van der Waals surface area contributed by atoms with Gasteiger partial charge in [-0.15, -0.1) is 0 Å². The Hall–Kier alpha value is -1.51. The van der Waals surface area contributed by atoms with Crippen molar-refractivity contribution < 1.29 is 4.79 Å². The molecule has 0 aliphatic heterocycles. The fraction of sp³-hybridized carbons (Fsp3) is 0.611. The maximum absolute atomic E-state index is 12.6. The molecule has 1 fully saturated rings. The Labute approximate surface area is 128 Å². The minimum atomic E-state index is 0.0753. The van der Waals surface area contributed by atoms with E-state index in [9.17, 15) is 4.79 Å². The summed E-state index contributed by atoms with van der Waals surface area (Å²) < 4.78 is 0. The van der Waals surface area contributed by atoms with Gasteiger partial charge in [0.05, 0.1) is 6.04 Å². The minimum absolute atomic E-state index is 0.0753. The number of carbonyl (C=O) groups is 1. The van der Waals surface area contributed by atoms with Crippen LogP contribution >= 0.6 is 0 Å². The number of rotatable bonds is 6. The van der Waals surface area contributed by atoms with Crippen LogP contribution in [0.5, 0.6) is 0 Å². The van der Waals surface area contributed by atoms with E-state index in [1.54, 1.807) is 0 Å². The van der Waals surface area contributed by atoms with Crippen molar-refractivity contribution >= 4 is 6.03 Å². The lowest BCUT2D eigenvalue weighted by atomic mass is 9.93. The number of hydrogen-bond donors (Lipinski definition) is 1. The molecular formula is C18H28N2O. The third-order valence-electron chi connectivity index (χ3n) is 4.31. The highest BCUT2D eigenvalue weighted by atomic mass is 16.2. The molecule has 0 saturated heterocycles. The molecule has 1 aromatic rings. The van der Waals surface area contributed by atoms with Crippen molar-refractivity contribution in [2.45, 2.75) is 46.6 Å². The number of nitrogens with zero attached hydrogens (tertiary/aromatic N) is 1. The average molecular weight is 288 g/mol.